The van der Waals surface area contributed by atoms with Gasteiger partial charge < -0.3 is 20.4 Å². The number of phenols is 4. The standard InChI is InChI=1S/4C10H8O.2ClH.W/c4*11-10-7-3-5-8-4-1-2-6-9(8)10;;;/h4*1-7,11H;2*1H;/q;;;;;;+2/p-2. The summed E-state index contributed by atoms with van der Waals surface area (Å²) in [5.41, 5.74) is 0. The van der Waals surface area contributed by atoms with E-state index in [0.29, 0.717) is 23.0 Å². The number of rotatable bonds is 0. The Hall–Kier alpha value is -4.73. The fourth-order valence-electron chi connectivity index (χ4n) is 4.83. The van der Waals surface area contributed by atoms with Crippen molar-refractivity contribution in [3.63, 3.8) is 0 Å². The van der Waals surface area contributed by atoms with Crippen LogP contribution in [0.3, 0.4) is 0 Å². The Kier molecular flexibility index (Phi) is 13.8. The van der Waals surface area contributed by atoms with Crippen LogP contribution in [0, 0.1) is 0 Å². The fraction of sp³-hybridized carbons (Fsp3) is 0. The Labute approximate surface area is 290 Å². The summed E-state index contributed by atoms with van der Waals surface area (Å²) in [5, 5.41) is 45.4. The van der Waals surface area contributed by atoms with Crippen molar-refractivity contribution >= 4 is 61.9 Å². The zero-order valence-corrected chi connectivity index (χ0v) is 29.6. The molecule has 7 heteroatoms. The monoisotopic (exact) mass is 830 g/mol. The topological polar surface area (TPSA) is 80.9 Å². The fourth-order valence-corrected chi connectivity index (χ4v) is 4.83. The Bertz CT molecular complexity index is 1840. The van der Waals surface area contributed by atoms with Crippen LogP contribution in [0.2, 0.25) is 0 Å². The van der Waals surface area contributed by atoms with Gasteiger partial charge in [0.2, 0.25) is 0 Å². The molecule has 0 atom stereocenters. The van der Waals surface area contributed by atoms with E-state index in [-0.39, 0.29) is 0 Å². The van der Waals surface area contributed by atoms with Gasteiger partial charge in [-0.15, -0.1) is 0 Å². The molecule has 0 aliphatic rings. The molecule has 0 bridgehead atoms. The molecule has 0 spiro atoms. The number of phenolic OH excluding ortho intramolecular Hbond substituents is 4. The Morgan fingerprint density at radius 1 is 0.277 bits per heavy atom. The third kappa shape index (κ3) is 10.1. The van der Waals surface area contributed by atoms with Crippen molar-refractivity contribution in [1.29, 1.82) is 0 Å². The van der Waals surface area contributed by atoms with Gasteiger partial charge in [0.1, 0.15) is 23.0 Å². The molecule has 0 unspecified atom stereocenters. The Morgan fingerprint density at radius 3 is 0.638 bits per heavy atom. The van der Waals surface area contributed by atoms with Gasteiger partial charge in [0.25, 0.3) is 0 Å². The second-order valence-corrected chi connectivity index (χ2v) is 14.3. The minimum atomic E-state index is -0.806. The van der Waals surface area contributed by atoms with Crippen molar-refractivity contribution in [2.75, 3.05) is 0 Å². The summed E-state index contributed by atoms with van der Waals surface area (Å²) in [6.45, 7) is 0. The zero-order chi connectivity index (χ0) is 33.4. The first-order valence-corrected chi connectivity index (χ1v) is 21.8. The van der Waals surface area contributed by atoms with Crippen LogP contribution in [-0.2, 0) is 16.5 Å². The SMILES string of the molecule is Oc1cccc2ccccc12.Oc1cccc2ccccc12.Oc1cccc2ccccc12.Oc1cccc2ccccc12.[Cl][W][Cl]. The van der Waals surface area contributed by atoms with E-state index < -0.39 is 16.5 Å². The molecular weight excluding hydrogens is 799 g/mol. The second-order valence-electron chi connectivity index (χ2n) is 10.1. The molecule has 0 saturated carbocycles. The summed E-state index contributed by atoms with van der Waals surface area (Å²) < 4.78 is 0. The molecule has 4 N–H and O–H groups in total. The summed E-state index contributed by atoms with van der Waals surface area (Å²) in [4.78, 5) is 0. The van der Waals surface area contributed by atoms with Crippen molar-refractivity contribution in [3.8, 4) is 23.0 Å². The van der Waals surface area contributed by atoms with Crippen molar-refractivity contribution in [2.45, 2.75) is 0 Å². The first-order valence-electron chi connectivity index (χ1n) is 14.5. The normalized spacial score (nSPS) is 9.91. The van der Waals surface area contributed by atoms with Crippen LogP contribution in [0.4, 0.5) is 0 Å². The Morgan fingerprint density at radius 2 is 0.447 bits per heavy atom. The maximum absolute atomic E-state index is 9.37. The molecule has 0 radical (unpaired) electrons. The van der Waals surface area contributed by atoms with Crippen LogP contribution in [0.25, 0.3) is 43.1 Å². The first kappa shape index (κ1) is 35.1. The van der Waals surface area contributed by atoms with Gasteiger partial charge in [0.15, 0.2) is 0 Å². The first-order chi connectivity index (χ1) is 22.9. The predicted molar refractivity (Wildman–Crippen MR) is 194 cm³/mol. The zero-order valence-electron chi connectivity index (χ0n) is 25.1. The summed E-state index contributed by atoms with van der Waals surface area (Å²) in [7, 11) is 9.86. The third-order valence-corrected chi connectivity index (χ3v) is 7.07. The van der Waals surface area contributed by atoms with Crippen molar-refractivity contribution < 1.29 is 36.9 Å². The molecule has 236 valence electrons. The number of fused-ring (bicyclic) bond motifs is 4. The van der Waals surface area contributed by atoms with Gasteiger partial charge in [-0.3, -0.25) is 0 Å². The number of benzene rings is 8. The van der Waals surface area contributed by atoms with Gasteiger partial charge in [0.05, 0.1) is 0 Å². The molecule has 0 aliphatic heterocycles. The number of hydrogen-bond acceptors (Lipinski definition) is 4. The van der Waals surface area contributed by atoms with Crippen LogP contribution < -0.4 is 0 Å². The van der Waals surface area contributed by atoms with E-state index >= 15 is 0 Å². The van der Waals surface area contributed by atoms with E-state index in [4.69, 9.17) is 18.8 Å². The van der Waals surface area contributed by atoms with Gasteiger partial charge in [-0.05, 0) is 45.8 Å². The Balaban J connectivity index is 0.000000138. The van der Waals surface area contributed by atoms with Crippen LogP contribution in [-0.4, -0.2) is 20.4 Å². The van der Waals surface area contributed by atoms with Crippen LogP contribution in [0.15, 0.2) is 170 Å². The predicted octanol–water partition coefficient (Wildman–Crippen LogP) is 11.6. The van der Waals surface area contributed by atoms with Gasteiger partial charge >= 0.3 is 35.3 Å². The third-order valence-electron chi connectivity index (χ3n) is 7.07. The summed E-state index contributed by atoms with van der Waals surface area (Å²) in [6, 6.07) is 53.2. The average molecular weight is 831 g/mol. The van der Waals surface area contributed by atoms with E-state index in [0.717, 1.165) is 43.1 Å². The van der Waals surface area contributed by atoms with Crippen LogP contribution in [0.5, 0.6) is 23.0 Å². The molecule has 0 aromatic heterocycles. The van der Waals surface area contributed by atoms with E-state index in [1.165, 1.54) is 0 Å². The molecule has 0 aliphatic carbocycles. The van der Waals surface area contributed by atoms with Gasteiger partial charge in [0, 0.05) is 21.5 Å². The minimum absolute atomic E-state index is 0.350. The average Bonchev–Trinajstić information content (AvgIpc) is 3.11. The molecule has 0 saturated heterocycles. The van der Waals surface area contributed by atoms with Crippen LogP contribution >= 0.6 is 18.8 Å². The molecular formula is C40H32Cl2O4W. The molecule has 0 amide bonds. The van der Waals surface area contributed by atoms with Gasteiger partial charge in [-0.2, -0.15) is 0 Å². The molecule has 8 aromatic rings. The number of halogens is 2. The van der Waals surface area contributed by atoms with Crippen molar-refractivity contribution in [2.24, 2.45) is 0 Å². The molecule has 0 heterocycles. The quantitative estimate of drug-likeness (QED) is 0.123. The van der Waals surface area contributed by atoms with Crippen molar-refractivity contribution in [3.05, 3.63) is 170 Å². The summed E-state index contributed by atoms with van der Waals surface area (Å²) >= 11 is -0.806. The number of aromatic hydroxyl groups is 4. The van der Waals surface area contributed by atoms with Crippen LogP contribution in [0.1, 0.15) is 0 Å². The summed E-state index contributed by atoms with van der Waals surface area (Å²) in [5.74, 6) is 1.40. The molecule has 8 aromatic carbocycles. The molecule has 4 nitrogen and oxygen atoms in total. The number of hydrogen-bond donors (Lipinski definition) is 4. The molecule has 8 rings (SSSR count). The van der Waals surface area contributed by atoms with Crippen molar-refractivity contribution in [1.82, 2.24) is 0 Å². The van der Waals surface area contributed by atoms with E-state index in [9.17, 15) is 20.4 Å². The summed E-state index contributed by atoms with van der Waals surface area (Å²) in [6.07, 6.45) is 0. The molecule has 0 fully saturated rings. The molecule has 47 heavy (non-hydrogen) atoms. The van der Waals surface area contributed by atoms with Gasteiger partial charge in [-0.1, -0.05) is 146 Å². The van der Waals surface area contributed by atoms with E-state index in [2.05, 4.69) is 0 Å². The second kappa shape index (κ2) is 18.4. The maximum atomic E-state index is 9.37. The van der Waals surface area contributed by atoms with Gasteiger partial charge in [-0.25, -0.2) is 0 Å². The van der Waals surface area contributed by atoms with E-state index in [1.54, 1.807) is 24.3 Å². The van der Waals surface area contributed by atoms with E-state index in [1.807, 2.05) is 146 Å².